The summed E-state index contributed by atoms with van der Waals surface area (Å²) >= 11 is 1.52. The van der Waals surface area contributed by atoms with Gasteiger partial charge in [-0.2, -0.15) is 0 Å². The van der Waals surface area contributed by atoms with Crippen LogP contribution in [0.4, 0.5) is 5.69 Å². The Morgan fingerprint density at radius 3 is 3.06 bits per heavy atom. The first-order valence-corrected chi connectivity index (χ1v) is 5.93. The average molecular weight is 248 g/mol. The first-order valence-electron chi connectivity index (χ1n) is 5.05. The molecular formula is C11H12N4OS. The SMILES string of the molecule is Cc1ncsc1CNC(=O)c1ccncc1N. The Morgan fingerprint density at radius 2 is 2.41 bits per heavy atom. The van der Waals surface area contributed by atoms with Crippen LogP contribution in [0.15, 0.2) is 24.0 Å². The molecule has 2 rings (SSSR count). The maximum absolute atomic E-state index is 11.8. The van der Waals surface area contributed by atoms with Crippen molar-refractivity contribution in [3.8, 4) is 0 Å². The van der Waals surface area contributed by atoms with Gasteiger partial charge in [-0.25, -0.2) is 4.98 Å². The molecule has 0 aliphatic heterocycles. The molecule has 2 heterocycles. The summed E-state index contributed by atoms with van der Waals surface area (Å²) in [6, 6.07) is 1.60. The lowest BCUT2D eigenvalue weighted by Crippen LogP contribution is -2.23. The third kappa shape index (κ3) is 2.59. The van der Waals surface area contributed by atoms with E-state index < -0.39 is 0 Å². The van der Waals surface area contributed by atoms with Crippen molar-refractivity contribution >= 4 is 22.9 Å². The Hall–Kier alpha value is -1.95. The van der Waals surface area contributed by atoms with E-state index in [0.29, 0.717) is 17.8 Å². The number of nitrogens with one attached hydrogen (secondary N) is 1. The summed E-state index contributed by atoms with van der Waals surface area (Å²) < 4.78 is 0. The summed E-state index contributed by atoms with van der Waals surface area (Å²) in [5.74, 6) is -0.197. The molecule has 0 aromatic carbocycles. The van der Waals surface area contributed by atoms with E-state index in [0.717, 1.165) is 10.6 Å². The number of thiazole rings is 1. The lowest BCUT2D eigenvalue weighted by atomic mass is 10.2. The van der Waals surface area contributed by atoms with Crippen molar-refractivity contribution < 1.29 is 4.79 Å². The van der Waals surface area contributed by atoms with Gasteiger partial charge in [0.15, 0.2) is 0 Å². The highest BCUT2D eigenvalue weighted by Crippen LogP contribution is 2.13. The zero-order valence-electron chi connectivity index (χ0n) is 9.30. The molecule has 0 aliphatic rings. The molecule has 2 aromatic heterocycles. The highest BCUT2D eigenvalue weighted by Gasteiger charge is 2.10. The molecule has 0 fully saturated rings. The van der Waals surface area contributed by atoms with Crippen LogP contribution in [0.2, 0.25) is 0 Å². The number of carbonyl (C=O) groups is 1. The monoisotopic (exact) mass is 248 g/mol. The van der Waals surface area contributed by atoms with Gasteiger partial charge < -0.3 is 11.1 Å². The Balaban J connectivity index is 2.04. The van der Waals surface area contributed by atoms with Gasteiger partial charge in [0, 0.05) is 11.1 Å². The van der Waals surface area contributed by atoms with E-state index in [4.69, 9.17) is 5.73 Å². The molecule has 0 unspecified atom stereocenters. The first-order chi connectivity index (χ1) is 8.18. The second-order valence-corrected chi connectivity index (χ2v) is 4.45. The zero-order valence-corrected chi connectivity index (χ0v) is 10.1. The summed E-state index contributed by atoms with van der Waals surface area (Å²) in [6.45, 7) is 2.38. The summed E-state index contributed by atoms with van der Waals surface area (Å²) in [6.07, 6.45) is 3.01. The van der Waals surface area contributed by atoms with E-state index in [-0.39, 0.29) is 5.91 Å². The fourth-order valence-electron chi connectivity index (χ4n) is 1.37. The Kier molecular flexibility index (Phi) is 3.34. The Bertz CT molecular complexity index is 538. The van der Waals surface area contributed by atoms with Crippen molar-refractivity contribution in [3.63, 3.8) is 0 Å². The van der Waals surface area contributed by atoms with Gasteiger partial charge in [-0.1, -0.05) is 0 Å². The summed E-state index contributed by atoms with van der Waals surface area (Å²) in [4.78, 5) is 20.8. The molecule has 0 aliphatic carbocycles. The molecular weight excluding hydrogens is 236 g/mol. The molecule has 2 aromatic rings. The fourth-order valence-corrected chi connectivity index (χ4v) is 2.08. The quantitative estimate of drug-likeness (QED) is 0.859. The highest BCUT2D eigenvalue weighted by molar-refractivity contribution is 7.09. The smallest absolute Gasteiger partial charge is 0.253 e. The van der Waals surface area contributed by atoms with Crippen LogP contribution in [0.5, 0.6) is 0 Å². The average Bonchev–Trinajstić information content (AvgIpc) is 2.72. The van der Waals surface area contributed by atoms with Crippen LogP contribution in [-0.4, -0.2) is 15.9 Å². The van der Waals surface area contributed by atoms with Crippen LogP contribution >= 0.6 is 11.3 Å². The van der Waals surface area contributed by atoms with Crippen molar-refractivity contribution in [2.45, 2.75) is 13.5 Å². The van der Waals surface area contributed by atoms with Gasteiger partial charge in [0.25, 0.3) is 5.91 Å². The van der Waals surface area contributed by atoms with Gasteiger partial charge >= 0.3 is 0 Å². The Morgan fingerprint density at radius 1 is 1.59 bits per heavy atom. The Labute approximate surface area is 103 Å². The number of nitrogen functional groups attached to an aromatic ring is 1. The number of nitrogens with zero attached hydrogens (tertiary/aromatic N) is 2. The van der Waals surface area contributed by atoms with Gasteiger partial charge in [0.2, 0.25) is 0 Å². The minimum Gasteiger partial charge on any atom is -0.397 e. The molecule has 3 N–H and O–H groups in total. The number of nitrogens with two attached hydrogens (primary N) is 1. The molecule has 6 heteroatoms. The maximum Gasteiger partial charge on any atom is 0.253 e. The number of aromatic nitrogens is 2. The van der Waals surface area contributed by atoms with E-state index in [1.165, 1.54) is 17.5 Å². The summed E-state index contributed by atoms with van der Waals surface area (Å²) in [5.41, 5.74) is 9.20. The molecule has 0 bridgehead atoms. The molecule has 0 spiro atoms. The number of anilines is 1. The standard InChI is InChI=1S/C11H12N4OS/c1-7-10(17-6-15-7)5-14-11(16)8-2-3-13-4-9(8)12/h2-4,6H,5,12H2,1H3,(H,14,16). The molecule has 0 saturated heterocycles. The van der Waals surface area contributed by atoms with Gasteiger partial charge in [0.1, 0.15) is 0 Å². The number of hydrogen-bond acceptors (Lipinski definition) is 5. The largest absolute Gasteiger partial charge is 0.397 e. The minimum absolute atomic E-state index is 0.197. The predicted molar refractivity (Wildman–Crippen MR) is 66.7 cm³/mol. The molecule has 5 nitrogen and oxygen atoms in total. The van der Waals surface area contributed by atoms with E-state index >= 15 is 0 Å². The summed E-state index contributed by atoms with van der Waals surface area (Å²) in [7, 11) is 0. The van der Waals surface area contributed by atoms with Gasteiger partial charge in [0.05, 0.1) is 35.2 Å². The van der Waals surface area contributed by atoms with Crippen LogP contribution in [0.3, 0.4) is 0 Å². The number of aryl methyl sites for hydroxylation is 1. The van der Waals surface area contributed by atoms with Gasteiger partial charge in [-0.3, -0.25) is 9.78 Å². The second kappa shape index (κ2) is 4.92. The van der Waals surface area contributed by atoms with Gasteiger partial charge in [-0.15, -0.1) is 11.3 Å². The molecule has 17 heavy (non-hydrogen) atoms. The van der Waals surface area contributed by atoms with E-state index in [9.17, 15) is 4.79 Å². The number of pyridine rings is 1. The third-order valence-corrected chi connectivity index (χ3v) is 3.29. The number of carbonyl (C=O) groups excluding carboxylic acids is 1. The normalized spacial score (nSPS) is 10.2. The predicted octanol–water partition coefficient (Wildman–Crippen LogP) is 1.36. The van der Waals surface area contributed by atoms with E-state index in [2.05, 4.69) is 15.3 Å². The van der Waals surface area contributed by atoms with E-state index in [1.807, 2.05) is 6.92 Å². The van der Waals surface area contributed by atoms with Crippen molar-refractivity contribution in [2.24, 2.45) is 0 Å². The van der Waals surface area contributed by atoms with Crippen LogP contribution in [0, 0.1) is 6.92 Å². The molecule has 0 saturated carbocycles. The van der Waals surface area contributed by atoms with Crippen LogP contribution in [-0.2, 0) is 6.54 Å². The fraction of sp³-hybridized carbons (Fsp3) is 0.182. The number of hydrogen-bond donors (Lipinski definition) is 2. The topological polar surface area (TPSA) is 80.9 Å². The van der Waals surface area contributed by atoms with E-state index in [1.54, 1.807) is 17.8 Å². The molecule has 0 radical (unpaired) electrons. The minimum atomic E-state index is -0.197. The van der Waals surface area contributed by atoms with Crippen molar-refractivity contribution in [3.05, 3.63) is 40.1 Å². The molecule has 88 valence electrons. The summed E-state index contributed by atoms with van der Waals surface area (Å²) in [5, 5.41) is 2.81. The maximum atomic E-state index is 11.8. The zero-order chi connectivity index (χ0) is 12.3. The second-order valence-electron chi connectivity index (χ2n) is 3.51. The van der Waals surface area contributed by atoms with Crippen LogP contribution in [0.1, 0.15) is 20.9 Å². The van der Waals surface area contributed by atoms with Crippen molar-refractivity contribution in [1.29, 1.82) is 0 Å². The third-order valence-electron chi connectivity index (χ3n) is 2.35. The first kappa shape index (κ1) is 11.5. The van der Waals surface area contributed by atoms with Gasteiger partial charge in [-0.05, 0) is 13.0 Å². The highest BCUT2D eigenvalue weighted by atomic mass is 32.1. The lowest BCUT2D eigenvalue weighted by Gasteiger charge is -2.06. The molecule has 0 atom stereocenters. The van der Waals surface area contributed by atoms with Crippen molar-refractivity contribution in [2.75, 3.05) is 5.73 Å². The van der Waals surface area contributed by atoms with Crippen molar-refractivity contribution in [1.82, 2.24) is 15.3 Å². The van der Waals surface area contributed by atoms with Crippen LogP contribution in [0.25, 0.3) is 0 Å². The lowest BCUT2D eigenvalue weighted by molar-refractivity contribution is 0.0952. The number of rotatable bonds is 3. The van der Waals surface area contributed by atoms with Crippen LogP contribution < -0.4 is 11.1 Å². The number of amides is 1. The molecule has 1 amide bonds.